The highest BCUT2D eigenvalue weighted by molar-refractivity contribution is 5.73. The molecule has 6 heteroatoms. The summed E-state index contributed by atoms with van der Waals surface area (Å²) in [5.74, 6) is 1.85. The zero-order valence-electron chi connectivity index (χ0n) is 12.3. The first-order chi connectivity index (χ1) is 9.70. The van der Waals surface area contributed by atoms with Crippen molar-refractivity contribution in [3.63, 3.8) is 0 Å². The van der Waals surface area contributed by atoms with E-state index in [2.05, 4.69) is 27.1 Å². The summed E-state index contributed by atoms with van der Waals surface area (Å²) >= 11 is 0. The average Bonchev–Trinajstić information content (AvgIpc) is 2.71. The number of anilines is 2. The molecule has 0 aliphatic carbocycles. The Bertz CT molecular complexity index is 451. The molecule has 1 aromatic rings. The number of rotatable bonds is 4. The Morgan fingerprint density at radius 3 is 2.90 bits per heavy atom. The normalized spacial score (nSPS) is 15.9. The second-order valence-electron chi connectivity index (χ2n) is 5.04. The third kappa shape index (κ3) is 3.82. The lowest BCUT2D eigenvalue weighted by Crippen LogP contribution is -2.33. The maximum atomic E-state index is 11.4. The number of nitrogens with zero attached hydrogens (tertiary/aromatic N) is 4. The molecular weight excluding hydrogens is 254 g/mol. The van der Waals surface area contributed by atoms with Crippen molar-refractivity contribution < 1.29 is 4.79 Å². The molecule has 0 atom stereocenters. The van der Waals surface area contributed by atoms with Crippen LogP contribution in [0.15, 0.2) is 12.4 Å². The largest absolute Gasteiger partial charge is 0.369 e. The van der Waals surface area contributed by atoms with Gasteiger partial charge in [0, 0.05) is 39.6 Å². The molecule has 110 valence electrons. The molecule has 0 saturated carbocycles. The molecule has 1 N–H and O–H groups in total. The minimum Gasteiger partial charge on any atom is -0.369 e. The summed E-state index contributed by atoms with van der Waals surface area (Å²) in [4.78, 5) is 24.4. The summed E-state index contributed by atoms with van der Waals surface area (Å²) < 4.78 is 0. The maximum absolute atomic E-state index is 11.4. The average molecular weight is 277 g/mol. The van der Waals surface area contributed by atoms with Gasteiger partial charge in [-0.15, -0.1) is 0 Å². The van der Waals surface area contributed by atoms with Gasteiger partial charge in [0.2, 0.25) is 5.91 Å². The van der Waals surface area contributed by atoms with Crippen molar-refractivity contribution in [2.45, 2.75) is 26.7 Å². The summed E-state index contributed by atoms with van der Waals surface area (Å²) in [7, 11) is 0. The molecule has 1 fully saturated rings. The van der Waals surface area contributed by atoms with Crippen LogP contribution in [0.4, 0.5) is 11.6 Å². The predicted molar refractivity (Wildman–Crippen MR) is 79.9 cm³/mol. The van der Waals surface area contributed by atoms with Crippen molar-refractivity contribution in [3.05, 3.63) is 12.4 Å². The van der Waals surface area contributed by atoms with Crippen molar-refractivity contribution in [1.29, 1.82) is 0 Å². The van der Waals surface area contributed by atoms with E-state index in [-0.39, 0.29) is 5.91 Å². The highest BCUT2D eigenvalue weighted by Crippen LogP contribution is 2.15. The fourth-order valence-corrected chi connectivity index (χ4v) is 2.31. The van der Waals surface area contributed by atoms with E-state index in [0.717, 1.165) is 57.2 Å². The number of carbonyl (C=O) groups excluding carboxylic acids is 1. The molecule has 6 nitrogen and oxygen atoms in total. The van der Waals surface area contributed by atoms with Crippen molar-refractivity contribution in [2.24, 2.45) is 0 Å². The monoisotopic (exact) mass is 277 g/mol. The highest BCUT2D eigenvalue weighted by Gasteiger charge is 2.17. The lowest BCUT2D eigenvalue weighted by Gasteiger charge is -2.22. The Morgan fingerprint density at radius 1 is 1.30 bits per heavy atom. The first-order valence-corrected chi connectivity index (χ1v) is 7.27. The van der Waals surface area contributed by atoms with Gasteiger partial charge in [0.15, 0.2) is 0 Å². The zero-order valence-corrected chi connectivity index (χ0v) is 12.3. The van der Waals surface area contributed by atoms with E-state index in [9.17, 15) is 4.79 Å². The summed E-state index contributed by atoms with van der Waals surface area (Å²) in [6, 6.07) is 0. The molecule has 20 heavy (non-hydrogen) atoms. The van der Waals surface area contributed by atoms with E-state index in [1.807, 2.05) is 4.90 Å². The van der Waals surface area contributed by atoms with Gasteiger partial charge in [-0.25, -0.2) is 4.98 Å². The van der Waals surface area contributed by atoms with E-state index in [1.165, 1.54) is 0 Å². The van der Waals surface area contributed by atoms with E-state index in [1.54, 1.807) is 19.3 Å². The lowest BCUT2D eigenvalue weighted by atomic mass is 10.4. The van der Waals surface area contributed by atoms with Gasteiger partial charge in [-0.1, -0.05) is 6.92 Å². The standard InChI is InChI=1S/C14H23N5O/c1-3-5-16-13-10-15-11-14(17-13)19-7-4-6-18(8-9-19)12(2)20/h10-11H,3-9H2,1-2H3,(H,16,17). The van der Waals surface area contributed by atoms with Crippen LogP contribution in [0.25, 0.3) is 0 Å². The van der Waals surface area contributed by atoms with Crippen molar-refractivity contribution in [3.8, 4) is 0 Å². The Labute approximate surface area is 120 Å². The van der Waals surface area contributed by atoms with Gasteiger partial charge in [-0.3, -0.25) is 9.78 Å². The number of carbonyl (C=O) groups is 1. The van der Waals surface area contributed by atoms with E-state index in [4.69, 9.17) is 0 Å². The van der Waals surface area contributed by atoms with Gasteiger partial charge in [0.25, 0.3) is 0 Å². The van der Waals surface area contributed by atoms with Gasteiger partial charge in [-0.2, -0.15) is 0 Å². The van der Waals surface area contributed by atoms with Crippen LogP contribution in [-0.4, -0.2) is 53.5 Å². The molecule has 0 bridgehead atoms. The van der Waals surface area contributed by atoms with Gasteiger partial charge in [0.05, 0.1) is 12.4 Å². The van der Waals surface area contributed by atoms with Crippen LogP contribution in [0.5, 0.6) is 0 Å². The Kier molecular flexibility index (Phi) is 5.15. The van der Waals surface area contributed by atoms with Gasteiger partial charge < -0.3 is 15.1 Å². The minimum absolute atomic E-state index is 0.149. The van der Waals surface area contributed by atoms with Crippen LogP contribution in [0.3, 0.4) is 0 Å². The molecule has 1 aromatic heterocycles. The predicted octanol–water partition coefficient (Wildman–Crippen LogP) is 1.36. The smallest absolute Gasteiger partial charge is 0.219 e. The highest BCUT2D eigenvalue weighted by atomic mass is 16.2. The molecule has 0 spiro atoms. The summed E-state index contributed by atoms with van der Waals surface area (Å²) in [6.45, 7) is 7.95. The molecule has 0 radical (unpaired) electrons. The molecular formula is C14H23N5O. The van der Waals surface area contributed by atoms with Gasteiger partial charge in [-0.05, 0) is 12.8 Å². The first-order valence-electron chi connectivity index (χ1n) is 7.27. The second-order valence-corrected chi connectivity index (χ2v) is 5.04. The third-order valence-electron chi connectivity index (χ3n) is 3.44. The maximum Gasteiger partial charge on any atom is 0.219 e. The van der Waals surface area contributed by atoms with E-state index >= 15 is 0 Å². The summed E-state index contributed by atoms with van der Waals surface area (Å²) in [5, 5.41) is 3.25. The van der Waals surface area contributed by atoms with Crippen LogP contribution < -0.4 is 10.2 Å². The number of hydrogen-bond donors (Lipinski definition) is 1. The quantitative estimate of drug-likeness (QED) is 0.900. The molecule has 2 heterocycles. The number of nitrogens with one attached hydrogen (secondary N) is 1. The zero-order chi connectivity index (χ0) is 14.4. The summed E-state index contributed by atoms with van der Waals surface area (Å²) in [5.41, 5.74) is 0. The third-order valence-corrected chi connectivity index (χ3v) is 3.44. The molecule has 1 aliphatic heterocycles. The van der Waals surface area contributed by atoms with Crippen LogP contribution in [0.2, 0.25) is 0 Å². The van der Waals surface area contributed by atoms with Crippen LogP contribution in [-0.2, 0) is 4.79 Å². The Balaban J connectivity index is 2.02. The SMILES string of the molecule is CCCNc1cncc(N2CCCN(C(C)=O)CC2)n1. The molecule has 1 amide bonds. The van der Waals surface area contributed by atoms with Crippen molar-refractivity contribution >= 4 is 17.5 Å². The van der Waals surface area contributed by atoms with Crippen LogP contribution in [0.1, 0.15) is 26.7 Å². The first kappa shape index (κ1) is 14.6. The molecule has 1 aliphatic rings. The fraction of sp³-hybridized carbons (Fsp3) is 0.643. The van der Waals surface area contributed by atoms with Crippen LogP contribution in [0, 0.1) is 0 Å². The molecule has 0 aromatic carbocycles. The fourth-order valence-electron chi connectivity index (χ4n) is 2.31. The summed E-state index contributed by atoms with van der Waals surface area (Å²) in [6.07, 6.45) is 5.57. The Hall–Kier alpha value is -1.85. The lowest BCUT2D eigenvalue weighted by molar-refractivity contribution is -0.128. The number of aromatic nitrogens is 2. The minimum atomic E-state index is 0.149. The van der Waals surface area contributed by atoms with Crippen molar-refractivity contribution in [1.82, 2.24) is 14.9 Å². The van der Waals surface area contributed by atoms with E-state index < -0.39 is 0 Å². The Morgan fingerprint density at radius 2 is 2.15 bits per heavy atom. The second kappa shape index (κ2) is 7.07. The van der Waals surface area contributed by atoms with Gasteiger partial charge in [0.1, 0.15) is 11.6 Å². The topological polar surface area (TPSA) is 61.4 Å². The molecule has 2 rings (SSSR count). The van der Waals surface area contributed by atoms with Crippen LogP contribution >= 0.6 is 0 Å². The molecule has 0 unspecified atom stereocenters. The number of amides is 1. The van der Waals surface area contributed by atoms with E-state index in [0.29, 0.717) is 0 Å². The van der Waals surface area contributed by atoms with Gasteiger partial charge >= 0.3 is 0 Å². The van der Waals surface area contributed by atoms with Crippen molar-refractivity contribution in [2.75, 3.05) is 42.9 Å². The number of hydrogen-bond acceptors (Lipinski definition) is 5. The molecule has 1 saturated heterocycles.